The molecule has 0 saturated heterocycles. The Balaban J connectivity index is 4.05. The highest BCUT2D eigenvalue weighted by Gasteiger charge is 2.13. The van der Waals surface area contributed by atoms with Gasteiger partial charge in [0, 0.05) is 6.42 Å². The van der Waals surface area contributed by atoms with Crippen LogP contribution in [0.4, 0.5) is 0 Å². The normalized spacial score (nSPS) is 10.6. The maximum absolute atomic E-state index is 11.1. The molecule has 0 aromatic heterocycles. The molecule has 0 rings (SSSR count). The third kappa shape index (κ3) is 5.70. The van der Waals surface area contributed by atoms with Gasteiger partial charge in [0.15, 0.2) is 5.76 Å². The first-order chi connectivity index (χ1) is 8.06. The van der Waals surface area contributed by atoms with Crippen molar-refractivity contribution in [2.24, 2.45) is 0 Å². The van der Waals surface area contributed by atoms with Crippen molar-refractivity contribution < 1.29 is 28.6 Å². The average molecular weight is 244 g/mol. The number of Topliss-reactive ketones (excluding diaryl/α,β-unsaturated/α-hetero) is 1. The summed E-state index contributed by atoms with van der Waals surface area (Å²) in [6, 6.07) is 0. The highest BCUT2D eigenvalue weighted by Crippen LogP contribution is 2.05. The Morgan fingerprint density at radius 1 is 0.941 bits per heavy atom. The zero-order chi connectivity index (χ0) is 13.3. The Hall–Kier alpha value is -1.85. The van der Waals surface area contributed by atoms with E-state index in [9.17, 15) is 14.4 Å². The molecule has 0 aliphatic carbocycles. The van der Waals surface area contributed by atoms with Gasteiger partial charge in [-0.1, -0.05) is 0 Å². The van der Waals surface area contributed by atoms with Gasteiger partial charge in [-0.25, -0.2) is 9.59 Å². The zero-order valence-electron chi connectivity index (χ0n) is 10.1. The molecular weight excluding hydrogens is 228 g/mol. The quantitative estimate of drug-likeness (QED) is 0.214. The van der Waals surface area contributed by atoms with Crippen molar-refractivity contribution in [3.8, 4) is 0 Å². The van der Waals surface area contributed by atoms with Gasteiger partial charge in [0.25, 0.3) is 0 Å². The summed E-state index contributed by atoms with van der Waals surface area (Å²) in [4.78, 5) is 32.9. The number of ether oxygens (including phenoxy) is 3. The van der Waals surface area contributed by atoms with Gasteiger partial charge in [0.2, 0.25) is 5.78 Å². The van der Waals surface area contributed by atoms with Gasteiger partial charge in [-0.15, -0.1) is 0 Å². The molecule has 6 nitrogen and oxygen atoms in total. The molecule has 0 unspecified atom stereocenters. The van der Waals surface area contributed by atoms with Crippen molar-refractivity contribution >= 4 is 17.7 Å². The Kier molecular flexibility index (Phi) is 7.41. The third-order valence-electron chi connectivity index (χ3n) is 1.96. The van der Waals surface area contributed by atoms with Crippen LogP contribution in [0.5, 0.6) is 0 Å². The monoisotopic (exact) mass is 244 g/mol. The van der Waals surface area contributed by atoms with E-state index in [4.69, 9.17) is 4.74 Å². The fourth-order valence-corrected chi connectivity index (χ4v) is 1.06. The fraction of sp³-hybridized carbons (Fsp3) is 0.545. The lowest BCUT2D eigenvalue weighted by Crippen LogP contribution is -2.14. The molecule has 0 aliphatic rings. The molecule has 6 heteroatoms. The Labute approximate surface area is 99.5 Å². The second-order valence-corrected chi connectivity index (χ2v) is 3.07. The molecule has 0 atom stereocenters. The minimum Gasteiger partial charge on any atom is -0.490 e. The maximum atomic E-state index is 11.1. The van der Waals surface area contributed by atoms with Crippen molar-refractivity contribution in [1.82, 2.24) is 0 Å². The van der Waals surface area contributed by atoms with Crippen LogP contribution in [0.3, 0.4) is 0 Å². The number of carbonyl (C=O) groups is 3. The second kappa shape index (κ2) is 8.32. The molecule has 0 aromatic rings. The number of unbranched alkanes of at least 4 members (excludes halogenated alkanes) is 1. The van der Waals surface area contributed by atoms with Crippen molar-refractivity contribution in [2.45, 2.75) is 19.3 Å². The van der Waals surface area contributed by atoms with Crippen LogP contribution >= 0.6 is 0 Å². The van der Waals surface area contributed by atoms with E-state index in [1.54, 1.807) is 0 Å². The third-order valence-corrected chi connectivity index (χ3v) is 1.96. The second-order valence-electron chi connectivity index (χ2n) is 3.07. The van der Waals surface area contributed by atoms with Crippen LogP contribution in [-0.4, -0.2) is 39.1 Å². The van der Waals surface area contributed by atoms with Crippen molar-refractivity contribution in [3.63, 3.8) is 0 Å². The van der Waals surface area contributed by atoms with Gasteiger partial charge >= 0.3 is 11.9 Å². The number of rotatable bonds is 7. The topological polar surface area (TPSA) is 78.9 Å². The first-order valence-corrected chi connectivity index (χ1v) is 5.00. The van der Waals surface area contributed by atoms with Crippen LogP contribution in [-0.2, 0) is 28.6 Å². The lowest BCUT2D eigenvalue weighted by atomic mass is 10.1. The predicted molar refractivity (Wildman–Crippen MR) is 58.0 cm³/mol. The van der Waals surface area contributed by atoms with Gasteiger partial charge in [0.1, 0.15) is 0 Å². The van der Waals surface area contributed by atoms with Crippen molar-refractivity contribution in [2.75, 3.05) is 21.3 Å². The average Bonchev–Trinajstić information content (AvgIpc) is 2.36. The summed E-state index contributed by atoms with van der Waals surface area (Å²) in [5.74, 6) is -1.93. The number of hydrogen-bond donors (Lipinski definition) is 0. The lowest BCUT2D eigenvalue weighted by molar-refractivity contribution is -0.151. The molecule has 0 heterocycles. The molecular formula is C11H16O6. The van der Waals surface area contributed by atoms with Gasteiger partial charge in [-0.3, -0.25) is 4.79 Å². The minimum atomic E-state index is -0.853. The van der Waals surface area contributed by atoms with Crippen LogP contribution in [0.15, 0.2) is 11.8 Å². The predicted octanol–water partition coefficient (Wildman–Crippen LogP) is 0.602. The van der Waals surface area contributed by atoms with E-state index in [-0.39, 0.29) is 12.2 Å². The summed E-state index contributed by atoms with van der Waals surface area (Å²) < 4.78 is 13.5. The van der Waals surface area contributed by atoms with E-state index in [1.807, 2.05) is 0 Å². The first kappa shape index (κ1) is 15.2. The van der Waals surface area contributed by atoms with E-state index in [0.717, 1.165) is 7.11 Å². The number of hydrogen-bond acceptors (Lipinski definition) is 6. The van der Waals surface area contributed by atoms with E-state index in [2.05, 4.69) is 9.47 Å². The summed E-state index contributed by atoms with van der Waals surface area (Å²) in [5, 5.41) is 0. The van der Waals surface area contributed by atoms with E-state index in [1.165, 1.54) is 20.3 Å². The first-order valence-electron chi connectivity index (χ1n) is 5.00. The number of allylic oxidation sites excluding steroid dienone is 1. The van der Waals surface area contributed by atoms with E-state index in [0.29, 0.717) is 12.8 Å². The molecule has 0 N–H and O–H groups in total. The molecule has 0 radical (unpaired) electrons. The van der Waals surface area contributed by atoms with Crippen LogP contribution in [0, 0.1) is 0 Å². The molecule has 96 valence electrons. The minimum absolute atomic E-state index is 0.0708. The van der Waals surface area contributed by atoms with Gasteiger partial charge in [0.05, 0.1) is 21.3 Å². The molecule has 17 heavy (non-hydrogen) atoms. The van der Waals surface area contributed by atoms with Gasteiger partial charge in [-0.05, 0) is 18.9 Å². The number of esters is 2. The number of carbonyl (C=O) groups excluding carboxylic acids is 3. The summed E-state index contributed by atoms with van der Waals surface area (Å²) >= 11 is 0. The Morgan fingerprint density at radius 3 is 2.00 bits per heavy atom. The van der Waals surface area contributed by atoms with Crippen LogP contribution in [0.2, 0.25) is 0 Å². The highest BCUT2D eigenvalue weighted by molar-refractivity contribution is 6.33. The molecule has 0 bridgehead atoms. The molecule has 0 amide bonds. The number of methoxy groups -OCH3 is 3. The van der Waals surface area contributed by atoms with E-state index < -0.39 is 17.7 Å². The summed E-state index contributed by atoms with van der Waals surface area (Å²) in [6.45, 7) is 0. The zero-order valence-corrected chi connectivity index (χ0v) is 10.1. The molecule has 0 saturated carbocycles. The molecule has 0 fully saturated rings. The van der Waals surface area contributed by atoms with Crippen LogP contribution in [0.25, 0.3) is 0 Å². The fourth-order valence-electron chi connectivity index (χ4n) is 1.06. The Bertz CT molecular complexity index is 318. The van der Waals surface area contributed by atoms with Crippen LogP contribution < -0.4 is 0 Å². The Morgan fingerprint density at radius 2 is 1.53 bits per heavy atom. The molecule has 0 aliphatic heterocycles. The summed E-state index contributed by atoms with van der Waals surface area (Å²) in [5.41, 5.74) is 0. The van der Waals surface area contributed by atoms with Gasteiger partial charge in [-0.2, -0.15) is 0 Å². The van der Waals surface area contributed by atoms with Crippen molar-refractivity contribution in [3.05, 3.63) is 11.8 Å². The number of ketones is 1. The SMILES string of the molecule is COC(=O)C(=O)CCC/C=C(\OC)C(=O)OC. The van der Waals surface area contributed by atoms with Gasteiger partial charge < -0.3 is 14.2 Å². The highest BCUT2D eigenvalue weighted by atomic mass is 16.6. The van der Waals surface area contributed by atoms with Crippen molar-refractivity contribution in [1.29, 1.82) is 0 Å². The summed E-state index contributed by atoms with van der Waals surface area (Å²) in [6.07, 6.45) is 2.44. The van der Waals surface area contributed by atoms with E-state index >= 15 is 0 Å². The van der Waals surface area contributed by atoms with Crippen LogP contribution in [0.1, 0.15) is 19.3 Å². The summed E-state index contributed by atoms with van der Waals surface area (Å²) in [7, 11) is 3.75. The largest absolute Gasteiger partial charge is 0.490 e. The smallest absolute Gasteiger partial charge is 0.374 e. The lowest BCUT2D eigenvalue weighted by Gasteiger charge is -2.03. The molecule has 0 spiro atoms. The molecule has 0 aromatic carbocycles. The maximum Gasteiger partial charge on any atom is 0.374 e. The standard InChI is InChI=1S/C11H16O6/c1-15-9(11(14)17-3)7-5-4-6-8(12)10(13)16-2/h7H,4-6H2,1-3H3/b9-7-.